The second kappa shape index (κ2) is 10.9. The number of pyridine rings is 1. The van der Waals surface area contributed by atoms with Crippen LogP contribution in [0.4, 0.5) is 19.6 Å². The first-order chi connectivity index (χ1) is 16.5. The molecule has 0 spiro atoms. The molecular weight excluding hydrogens is 478 g/mol. The topological polar surface area (TPSA) is 127 Å². The first-order valence-electron chi connectivity index (χ1n) is 10.7. The Kier molecular flexibility index (Phi) is 8.15. The highest BCUT2D eigenvalue weighted by Crippen LogP contribution is 2.40. The predicted molar refractivity (Wildman–Crippen MR) is 129 cm³/mol. The van der Waals surface area contributed by atoms with Gasteiger partial charge in [0.2, 0.25) is 0 Å². The van der Waals surface area contributed by atoms with Crippen LogP contribution in [0.15, 0.2) is 35.7 Å². The van der Waals surface area contributed by atoms with Gasteiger partial charge >= 0.3 is 5.97 Å². The molecule has 3 rings (SSSR count). The maximum absolute atomic E-state index is 14.9. The number of carbonyl (C=O) groups excluding carboxylic acids is 2. The Morgan fingerprint density at radius 3 is 2.51 bits per heavy atom. The van der Waals surface area contributed by atoms with E-state index in [-0.39, 0.29) is 40.8 Å². The van der Waals surface area contributed by atoms with E-state index in [0.29, 0.717) is 18.1 Å². The maximum Gasteiger partial charge on any atom is 0.319 e. The molecule has 0 aliphatic rings. The molecule has 186 valence electrons. The van der Waals surface area contributed by atoms with Crippen molar-refractivity contribution >= 4 is 34.0 Å². The van der Waals surface area contributed by atoms with Gasteiger partial charge in [0.05, 0.1) is 35.6 Å². The molecule has 0 atom stereocenters. The minimum absolute atomic E-state index is 0.00504. The van der Waals surface area contributed by atoms with Gasteiger partial charge in [-0.3, -0.25) is 9.59 Å². The van der Waals surface area contributed by atoms with Crippen LogP contribution < -0.4 is 16.4 Å². The number of primary amides is 1. The van der Waals surface area contributed by atoms with Crippen LogP contribution in [0.2, 0.25) is 0 Å². The molecule has 8 nitrogen and oxygen atoms in total. The van der Waals surface area contributed by atoms with Crippen molar-refractivity contribution in [2.75, 3.05) is 18.5 Å². The number of esters is 1. The lowest BCUT2D eigenvalue weighted by Gasteiger charge is -2.19. The van der Waals surface area contributed by atoms with Crippen molar-refractivity contribution in [1.29, 1.82) is 0 Å². The molecule has 0 radical (unpaired) electrons. The van der Waals surface area contributed by atoms with E-state index in [0.717, 1.165) is 23.5 Å². The Labute approximate surface area is 205 Å². The molecule has 0 aliphatic heterocycles. The van der Waals surface area contributed by atoms with Gasteiger partial charge in [0.15, 0.2) is 0 Å². The zero-order chi connectivity index (χ0) is 25.8. The predicted octanol–water partition coefficient (Wildman–Crippen LogP) is 3.81. The zero-order valence-electron chi connectivity index (χ0n) is 19.4. The van der Waals surface area contributed by atoms with Gasteiger partial charge in [-0.15, -0.1) is 11.3 Å². The highest BCUT2D eigenvalue weighted by Gasteiger charge is 2.26. The molecule has 3 aromatic rings. The third-order valence-electron chi connectivity index (χ3n) is 4.98. The number of nitrogens with one attached hydrogen (secondary N) is 2. The molecule has 0 aliphatic carbocycles. The van der Waals surface area contributed by atoms with Crippen LogP contribution in [0.5, 0.6) is 0 Å². The lowest BCUT2D eigenvalue weighted by atomic mass is 9.94. The molecule has 2 heterocycles. The third-order valence-corrected chi connectivity index (χ3v) is 5.88. The summed E-state index contributed by atoms with van der Waals surface area (Å²) in [6.45, 7) is 5.15. The summed E-state index contributed by atoms with van der Waals surface area (Å²) in [4.78, 5) is 28.1. The number of anilines is 2. The van der Waals surface area contributed by atoms with Crippen LogP contribution in [-0.4, -0.2) is 35.1 Å². The van der Waals surface area contributed by atoms with Crippen molar-refractivity contribution in [3.63, 3.8) is 0 Å². The molecular formula is C24H26F2N4O4S. The molecule has 5 N–H and O–H groups in total. The monoisotopic (exact) mass is 504 g/mol. The minimum Gasteiger partial charge on any atom is -0.465 e. The number of hydrogen-bond donors (Lipinski definition) is 4. The average molecular weight is 505 g/mol. The maximum atomic E-state index is 14.9. The van der Waals surface area contributed by atoms with Crippen LogP contribution >= 0.6 is 11.3 Å². The fraction of sp³-hybridized carbons (Fsp3) is 0.292. The van der Waals surface area contributed by atoms with E-state index >= 15 is 0 Å². The minimum atomic E-state index is -1.45. The lowest BCUT2D eigenvalue weighted by Crippen LogP contribution is -2.24. The molecule has 11 heteroatoms. The number of thiophene rings is 1. The number of carbonyl (C=O) groups is 2. The van der Waals surface area contributed by atoms with Crippen molar-refractivity contribution in [2.24, 2.45) is 5.73 Å². The Bertz CT molecular complexity index is 1220. The van der Waals surface area contributed by atoms with Gasteiger partial charge in [-0.2, -0.15) is 0 Å². The lowest BCUT2D eigenvalue weighted by molar-refractivity contribution is -0.142. The van der Waals surface area contributed by atoms with Crippen molar-refractivity contribution in [2.45, 2.75) is 32.9 Å². The van der Waals surface area contributed by atoms with E-state index in [2.05, 4.69) is 15.6 Å². The van der Waals surface area contributed by atoms with Gasteiger partial charge in [0.25, 0.3) is 5.91 Å². The average Bonchev–Trinajstić information content (AvgIpc) is 3.16. The van der Waals surface area contributed by atoms with Gasteiger partial charge in [-0.25, -0.2) is 13.8 Å². The number of hydrogen-bond acceptors (Lipinski definition) is 8. The van der Waals surface area contributed by atoms with Crippen molar-refractivity contribution < 1.29 is 28.2 Å². The van der Waals surface area contributed by atoms with E-state index in [4.69, 9.17) is 10.5 Å². The smallest absolute Gasteiger partial charge is 0.319 e. The molecule has 2 aromatic heterocycles. The molecule has 0 fully saturated rings. The van der Waals surface area contributed by atoms with E-state index in [1.165, 1.54) is 19.2 Å². The highest BCUT2D eigenvalue weighted by molar-refractivity contribution is 7.15. The number of rotatable bonds is 10. The van der Waals surface area contributed by atoms with Crippen molar-refractivity contribution in [3.8, 4) is 11.1 Å². The molecule has 1 amide bonds. The van der Waals surface area contributed by atoms with E-state index in [1.54, 1.807) is 25.1 Å². The molecule has 35 heavy (non-hydrogen) atoms. The van der Waals surface area contributed by atoms with Crippen molar-refractivity contribution in [3.05, 3.63) is 64.2 Å². The van der Waals surface area contributed by atoms with Gasteiger partial charge in [0, 0.05) is 17.5 Å². The normalized spacial score (nSPS) is 11.4. The summed E-state index contributed by atoms with van der Waals surface area (Å²) in [6.07, 6.45) is 0. The number of halogens is 2. The van der Waals surface area contributed by atoms with Crippen LogP contribution in [0.3, 0.4) is 0 Å². The van der Waals surface area contributed by atoms with Crippen LogP contribution in [-0.2, 0) is 21.7 Å². The van der Waals surface area contributed by atoms with Gasteiger partial charge in [0.1, 0.15) is 22.5 Å². The molecule has 0 saturated carbocycles. The van der Waals surface area contributed by atoms with Gasteiger partial charge in [-0.1, -0.05) is 6.07 Å². The summed E-state index contributed by atoms with van der Waals surface area (Å²) in [5.74, 6) is -2.74. The number of benzene rings is 1. The Balaban J connectivity index is 1.87. The number of nitrogens with two attached hydrogens (primary N) is 1. The largest absolute Gasteiger partial charge is 0.465 e. The van der Waals surface area contributed by atoms with E-state index in [1.807, 2.05) is 0 Å². The Hall–Kier alpha value is -3.41. The second-order valence-electron chi connectivity index (χ2n) is 8.14. The Morgan fingerprint density at radius 2 is 1.91 bits per heavy atom. The first-order valence-corrected chi connectivity index (χ1v) is 11.6. The summed E-state index contributed by atoms with van der Waals surface area (Å²) < 4.78 is 34.7. The zero-order valence-corrected chi connectivity index (χ0v) is 20.3. The summed E-state index contributed by atoms with van der Waals surface area (Å²) in [7, 11) is 0. The number of aliphatic hydroxyl groups is 1. The number of nitrogens with zero attached hydrogens (tertiary/aromatic N) is 1. The molecule has 0 bridgehead atoms. The van der Waals surface area contributed by atoms with Crippen LogP contribution in [0.1, 0.15) is 42.4 Å². The van der Waals surface area contributed by atoms with E-state index < -0.39 is 28.7 Å². The fourth-order valence-electron chi connectivity index (χ4n) is 3.33. The number of ether oxygens (including phenoxy) is 1. The standard InChI is InChI=1S/C24H26F2N4O4S/c1-4-34-19(31)11-28-10-14-6-5-7-18(29-14)30-23-21(22(27)32)15(12-35-23)20-16(25)8-13(9-17(20)26)24(2,3)33/h5-9,12,28,33H,4,10-11H2,1-3H3,(H2,27,32)(H,29,30). The first kappa shape index (κ1) is 26.2. The van der Waals surface area contributed by atoms with Gasteiger partial charge in [-0.05, 0) is 50.6 Å². The van der Waals surface area contributed by atoms with Gasteiger partial charge < -0.3 is 26.2 Å². The Morgan fingerprint density at radius 1 is 1.23 bits per heavy atom. The van der Waals surface area contributed by atoms with Crippen LogP contribution in [0, 0.1) is 11.6 Å². The fourth-order valence-corrected chi connectivity index (χ4v) is 4.29. The second-order valence-corrected chi connectivity index (χ2v) is 9.02. The quantitative estimate of drug-likeness (QED) is 0.309. The number of aromatic nitrogens is 1. The van der Waals surface area contributed by atoms with Crippen LogP contribution in [0.25, 0.3) is 11.1 Å². The molecule has 0 unspecified atom stereocenters. The summed E-state index contributed by atoms with van der Waals surface area (Å²) >= 11 is 1.04. The SMILES string of the molecule is CCOC(=O)CNCc1cccc(Nc2scc(-c3c(F)cc(C(C)(C)O)cc3F)c2C(N)=O)n1. The van der Waals surface area contributed by atoms with E-state index in [9.17, 15) is 23.5 Å². The highest BCUT2D eigenvalue weighted by atomic mass is 32.1. The molecule has 1 aromatic carbocycles. The van der Waals surface area contributed by atoms with Crippen molar-refractivity contribution in [1.82, 2.24) is 10.3 Å². The molecule has 0 saturated heterocycles. The summed E-state index contributed by atoms with van der Waals surface area (Å²) in [5, 5.41) is 17.7. The third kappa shape index (κ3) is 6.38. The summed E-state index contributed by atoms with van der Waals surface area (Å²) in [5.41, 5.74) is 4.28. The summed E-state index contributed by atoms with van der Waals surface area (Å²) in [6, 6.07) is 7.18. The number of amides is 1.